The molecule has 1 aromatic heterocycles. The Morgan fingerprint density at radius 2 is 1.94 bits per heavy atom. The van der Waals surface area contributed by atoms with E-state index >= 15 is 0 Å². The standard InChI is InChI=1S/C13H25N3/c1-11(2)16(12(3)4)9-8-14-10-13-6-5-7-15-13/h5-7,11-12,14-15H,8-10H2,1-4H3. The van der Waals surface area contributed by atoms with Gasteiger partial charge in [0.1, 0.15) is 0 Å². The normalized spacial score (nSPS) is 11.9. The summed E-state index contributed by atoms with van der Waals surface area (Å²) in [5.74, 6) is 0. The fraction of sp³-hybridized carbons (Fsp3) is 0.692. The first-order chi connectivity index (χ1) is 7.61. The summed E-state index contributed by atoms with van der Waals surface area (Å²) >= 11 is 0. The highest BCUT2D eigenvalue weighted by atomic mass is 15.2. The molecule has 16 heavy (non-hydrogen) atoms. The fourth-order valence-corrected chi connectivity index (χ4v) is 2.02. The topological polar surface area (TPSA) is 31.1 Å². The van der Waals surface area contributed by atoms with Gasteiger partial charge in [0.15, 0.2) is 0 Å². The molecule has 0 saturated heterocycles. The highest BCUT2D eigenvalue weighted by Crippen LogP contribution is 2.03. The lowest BCUT2D eigenvalue weighted by atomic mass is 10.2. The molecule has 0 amide bonds. The molecule has 0 fully saturated rings. The molecule has 2 N–H and O–H groups in total. The smallest absolute Gasteiger partial charge is 0.0357 e. The van der Waals surface area contributed by atoms with Crippen molar-refractivity contribution >= 4 is 0 Å². The average Bonchev–Trinajstić information content (AvgIpc) is 2.68. The van der Waals surface area contributed by atoms with Gasteiger partial charge in [-0.1, -0.05) is 0 Å². The van der Waals surface area contributed by atoms with E-state index in [1.54, 1.807) is 0 Å². The van der Waals surface area contributed by atoms with Crippen molar-refractivity contribution in [2.45, 2.75) is 46.3 Å². The van der Waals surface area contributed by atoms with E-state index in [1.165, 1.54) is 5.69 Å². The summed E-state index contributed by atoms with van der Waals surface area (Å²) in [6.07, 6.45) is 1.96. The van der Waals surface area contributed by atoms with Crippen molar-refractivity contribution in [1.29, 1.82) is 0 Å². The molecule has 0 aliphatic heterocycles. The van der Waals surface area contributed by atoms with Crippen LogP contribution in [0.25, 0.3) is 0 Å². The number of nitrogens with zero attached hydrogens (tertiary/aromatic N) is 1. The molecule has 3 nitrogen and oxygen atoms in total. The zero-order chi connectivity index (χ0) is 12.0. The number of rotatable bonds is 7. The number of H-pyrrole nitrogens is 1. The molecule has 1 aromatic rings. The summed E-state index contributed by atoms with van der Waals surface area (Å²) in [4.78, 5) is 5.70. The minimum Gasteiger partial charge on any atom is -0.364 e. The Morgan fingerprint density at radius 1 is 1.25 bits per heavy atom. The van der Waals surface area contributed by atoms with E-state index < -0.39 is 0 Å². The molecule has 0 aliphatic rings. The van der Waals surface area contributed by atoms with Crippen LogP contribution in [0.3, 0.4) is 0 Å². The van der Waals surface area contributed by atoms with Gasteiger partial charge in [-0.15, -0.1) is 0 Å². The SMILES string of the molecule is CC(C)N(CCNCc1ccc[nH]1)C(C)C. The lowest BCUT2D eigenvalue weighted by molar-refractivity contribution is 0.175. The summed E-state index contributed by atoms with van der Waals surface area (Å²) in [5.41, 5.74) is 1.25. The highest BCUT2D eigenvalue weighted by molar-refractivity contribution is 5.02. The lowest BCUT2D eigenvalue weighted by Crippen LogP contribution is -2.41. The average molecular weight is 223 g/mol. The van der Waals surface area contributed by atoms with E-state index in [0.717, 1.165) is 19.6 Å². The first-order valence-corrected chi connectivity index (χ1v) is 6.20. The van der Waals surface area contributed by atoms with E-state index in [9.17, 15) is 0 Å². The Morgan fingerprint density at radius 3 is 2.44 bits per heavy atom. The first kappa shape index (κ1) is 13.3. The molecular weight excluding hydrogens is 198 g/mol. The van der Waals surface area contributed by atoms with Gasteiger partial charge in [0, 0.05) is 43.6 Å². The predicted octanol–water partition coefficient (Wildman–Crippen LogP) is 2.22. The van der Waals surface area contributed by atoms with Gasteiger partial charge >= 0.3 is 0 Å². The summed E-state index contributed by atoms with van der Waals surface area (Å²) in [6, 6.07) is 5.38. The Hall–Kier alpha value is -0.800. The van der Waals surface area contributed by atoms with Gasteiger partial charge in [-0.05, 0) is 39.8 Å². The van der Waals surface area contributed by atoms with Crippen molar-refractivity contribution in [2.75, 3.05) is 13.1 Å². The summed E-state index contributed by atoms with van der Waals surface area (Å²) in [6.45, 7) is 12.1. The Labute approximate surface area is 99.2 Å². The van der Waals surface area contributed by atoms with Crippen LogP contribution in [0.5, 0.6) is 0 Å². The predicted molar refractivity (Wildman–Crippen MR) is 69.5 cm³/mol. The molecule has 0 aliphatic carbocycles. The van der Waals surface area contributed by atoms with Crippen molar-refractivity contribution < 1.29 is 0 Å². The molecule has 0 radical (unpaired) electrons. The third kappa shape index (κ3) is 4.37. The zero-order valence-corrected chi connectivity index (χ0v) is 11.0. The maximum Gasteiger partial charge on any atom is 0.0357 e. The largest absolute Gasteiger partial charge is 0.364 e. The van der Waals surface area contributed by atoms with E-state index in [-0.39, 0.29) is 0 Å². The second-order valence-electron chi connectivity index (χ2n) is 4.80. The number of aromatic nitrogens is 1. The minimum absolute atomic E-state index is 0.618. The van der Waals surface area contributed by atoms with Gasteiger partial charge in [-0.25, -0.2) is 0 Å². The van der Waals surface area contributed by atoms with Crippen LogP contribution in [0.2, 0.25) is 0 Å². The highest BCUT2D eigenvalue weighted by Gasteiger charge is 2.11. The molecular formula is C13H25N3. The van der Waals surface area contributed by atoms with Gasteiger partial charge in [-0.3, -0.25) is 4.90 Å². The van der Waals surface area contributed by atoms with Crippen LogP contribution in [-0.4, -0.2) is 35.1 Å². The molecule has 0 bridgehead atoms. The summed E-state index contributed by atoms with van der Waals surface area (Å²) in [7, 11) is 0. The molecule has 1 rings (SSSR count). The summed E-state index contributed by atoms with van der Waals surface area (Å²) in [5, 5.41) is 3.46. The van der Waals surface area contributed by atoms with Crippen LogP contribution in [0, 0.1) is 0 Å². The molecule has 0 unspecified atom stereocenters. The third-order valence-corrected chi connectivity index (χ3v) is 2.85. The number of aromatic amines is 1. The molecule has 0 atom stereocenters. The van der Waals surface area contributed by atoms with Crippen molar-refractivity contribution in [2.24, 2.45) is 0 Å². The van der Waals surface area contributed by atoms with Crippen LogP contribution < -0.4 is 5.32 Å². The van der Waals surface area contributed by atoms with Gasteiger partial charge < -0.3 is 10.3 Å². The van der Waals surface area contributed by atoms with Crippen LogP contribution in [0.15, 0.2) is 18.3 Å². The van der Waals surface area contributed by atoms with Gasteiger partial charge in [0.25, 0.3) is 0 Å². The maximum atomic E-state index is 3.46. The van der Waals surface area contributed by atoms with Crippen LogP contribution in [0.1, 0.15) is 33.4 Å². The van der Waals surface area contributed by atoms with E-state index in [2.05, 4.69) is 49.0 Å². The Balaban J connectivity index is 2.18. The monoisotopic (exact) mass is 223 g/mol. The van der Waals surface area contributed by atoms with Crippen molar-refractivity contribution in [1.82, 2.24) is 15.2 Å². The first-order valence-electron chi connectivity index (χ1n) is 6.20. The fourth-order valence-electron chi connectivity index (χ4n) is 2.02. The number of hydrogen-bond donors (Lipinski definition) is 2. The van der Waals surface area contributed by atoms with E-state index in [4.69, 9.17) is 0 Å². The minimum atomic E-state index is 0.618. The molecule has 0 aromatic carbocycles. The van der Waals surface area contributed by atoms with E-state index in [0.29, 0.717) is 12.1 Å². The Bertz CT molecular complexity index is 257. The quantitative estimate of drug-likeness (QED) is 0.695. The zero-order valence-electron chi connectivity index (χ0n) is 11.0. The molecule has 1 heterocycles. The van der Waals surface area contributed by atoms with Crippen molar-refractivity contribution in [3.8, 4) is 0 Å². The molecule has 0 spiro atoms. The molecule has 3 heteroatoms. The van der Waals surface area contributed by atoms with Gasteiger partial charge in [0.2, 0.25) is 0 Å². The van der Waals surface area contributed by atoms with Gasteiger partial charge in [0.05, 0.1) is 0 Å². The van der Waals surface area contributed by atoms with Crippen molar-refractivity contribution in [3.05, 3.63) is 24.0 Å². The van der Waals surface area contributed by atoms with E-state index in [1.807, 2.05) is 12.3 Å². The lowest BCUT2D eigenvalue weighted by Gasteiger charge is -2.30. The number of hydrogen-bond acceptors (Lipinski definition) is 2. The Kier molecular flexibility index (Phi) is 5.56. The van der Waals surface area contributed by atoms with Crippen molar-refractivity contribution in [3.63, 3.8) is 0 Å². The second-order valence-corrected chi connectivity index (χ2v) is 4.80. The maximum absolute atomic E-state index is 3.46. The van der Waals surface area contributed by atoms with Gasteiger partial charge in [-0.2, -0.15) is 0 Å². The van der Waals surface area contributed by atoms with Crippen LogP contribution in [0.4, 0.5) is 0 Å². The molecule has 92 valence electrons. The number of nitrogens with one attached hydrogen (secondary N) is 2. The third-order valence-electron chi connectivity index (χ3n) is 2.85. The van der Waals surface area contributed by atoms with Crippen LogP contribution in [-0.2, 0) is 6.54 Å². The molecule has 0 saturated carbocycles. The second kappa shape index (κ2) is 6.71. The van der Waals surface area contributed by atoms with Crippen LogP contribution >= 0.6 is 0 Å². The summed E-state index contributed by atoms with van der Waals surface area (Å²) < 4.78 is 0.